The number of imide groups is 1. The Morgan fingerprint density at radius 2 is 1.85 bits per heavy atom. The Morgan fingerprint density at radius 3 is 2.50 bits per heavy atom. The number of amides is 2. The molecule has 11 heteroatoms. The lowest BCUT2D eigenvalue weighted by Crippen LogP contribution is -2.44. The molecule has 3 rings (SSSR count). The van der Waals surface area contributed by atoms with E-state index >= 15 is 0 Å². The third-order valence-electron chi connectivity index (χ3n) is 4.33. The third-order valence-corrected chi connectivity index (χ3v) is 6.55. The molecule has 1 aromatic heterocycles. The summed E-state index contributed by atoms with van der Waals surface area (Å²) in [5, 5.41) is 0. The molecule has 142 valence electrons. The average Bonchev–Trinajstić information content (AvgIpc) is 3.06. The minimum atomic E-state index is -3.58. The Labute approximate surface area is 159 Å². The van der Waals surface area contributed by atoms with Gasteiger partial charge in [-0.15, -0.1) is 0 Å². The van der Waals surface area contributed by atoms with Crippen molar-refractivity contribution in [2.75, 3.05) is 25.4 Å². The molecular formula is C15H19BrN4O5S. The molecule has 1 atom stereocenters. The first-order valence-corrected chi connectivity index (χ1v) is 10.7. The van der Waals surface area contributed by atoms with Crippen molar-refractivity contribution in [1.29, 1.82) is 0 Å². The van der Waals surface area contributed by atoms with Crippen LogP contribution in [0.25, 0.3) is 0 Å². The van der Waals surface area contributed by atoms with Gasteiger partial charge in [0.2, 0.25) is 21.8 Å². The zero-order chi connectivity index (χ0) is 18.7. The quantitative estimate of drug-likeness (QED) is 0.587. The van der Waals surface area contributed by atoms with Gasteiger partial charge in [0.15, 0.2) is 0 Å². The maximum Gasteiger partial charge on any atom is 0.316 e. The molecule has 1 aromatic rings. The van der Waals surface area contributed by atoms with Crippen molar-refractivity contribution in [2.24, 2.45) is 0 Å². The summed E-state index contributed by atoms with van der Waals surface area (Å²) in [5.74, 6) is -0.871. The van der Waals surface area contributed by atoms with Crippen LogP contribution in [0.1, 0.15) is 25.7 Å². The van der Waals surface area contributed by atoms with Crippen molar-refractivity contribution >= 4 is 37.8 Å². The van der Waals surface area contributed by atoms with Crippen LogP contribution in [0.5, 0.6) is 6.01 Å². The van der Waals surface area contributed by atoms with Crippen LogP contribution >= 0.6 is 15.9 Å². The fourth-order valence-corrected chi connectivity index (χ4v) is 4.60. The molecule has 0 aromatic carbocycles. The first-order chi connectivity index (χ1) is 12.3. The van der Waals surface area contributed by atoms with Crippen LogP contribution < -0.4 is 4.74 Å². The highest BCUT2D eigenvalue weighted by Crippen LogP contribution is 2.20. The standard InChI is InChI=1S/C15H19BrN4O5S/c16-11-8-17-15(18-9-11)25-12-4-5-19(10-12)26(23,24)7-6-20-13(21)2-1-3-14(20)22/h8-9,12H,1-7,10H2. The van der Waals surface area contributed by atoms with E-state index in [0.29, 0.717) is 32.2 Å². The summed E-state index contributed by atoms with van der Waals surface area (Å²) in [6.07, 6.45) is 4.42. The van der Waals surface area contributed by atoms with Gasteiger partial charge in [-0.25, -0.2) is 18.4 Å². The van der Waals surface area contributed by atoms with Gasteiger partial charge in [-0.2, -0.15) is 4.31 Å². The number of hydrogen-bond acceptors (Lipinski definition) is 7. The lowest BCUT2D eigenvalue weighted by atomic mass is 10.1. The number of piperidine rings is 1. The lowest BCUT2D eigenvalue weighted by Gasteiger charge is -2.25. The number of ether oxygens (including phenoxy) is 1. The monoisotopic (exact) mass is 446 g/mol. The molecule has 26 heavy (non-hydrogen) atoms. The molecule has 0 N–H and O–H groups in total. The number of carbonyl (C=O) groups is 2. The van der Waals surface area contributed by atoms with E-state index in [-0.39, 0.29) is 42.8 Å². The molecule has 2 saturated heterocycles. The highest BCUT2D eigenvalue weighted by molar-refractivity contribution is 9.10. The molecule has 2 fully saturated rings. The first kappa shape index (κ1) is 19.2. The average molecular weight is 447 g/mol. The molecule has 0 aliphatic carbocycles. The Hall–Kier alpha value is -1.59. The lowest BCUT2D eigenvalue weighted by molar-refractivity contribution is -0.147. The van der Waals surface area contributed by atoms with Gasteiger partial charge in [0.25, 0.3) is 0 Å². The van der Waals surface area contributed by atoms with E-state index in [1.54, 1.807) is 12.4 Å². The fourth-order valence-electron chi connectivity index (χ4n) is 2.94. The summed E-state index contributed by atoms with van der Waals surface area (Å²) in [6, 6.07) is 0.196. The largest absolute Gasteiger partial charge is 0.459 e. The second kappa shape index (κ2) is 7.97. The first-order valence-electron chi connectivity index (χ1n) is 8.30. The zero-order valence-electron chi connectivity index (χ0n) is 14.0. The number of nitrogens with zero attached hydrogens (tertiary/aromatic N) is 4. The number of aromatic nitrogens is 2. The molecule has 1 unspecified atom stereocenters. The molecular weight excluding hydrogens is 428 g/mol. The normalized spacial score (nSPS) is 22.0. The van der Waals surface area contributed by atoms with Crippen molar-refractivity contribution in [2.45, 2.75) is 31.8 Å². The number of carbonyl (C=O) groups excluding carboxylic acids is 2. The number of hydrogen-bond donors (Lipinski definition) is 0. The highest BCUT2D eigenvalue weighted by atomic mass is 79.9. The van der Waals surface area contributed by atoms with E-state index in [1.807, 2.05) is 0 Å². The van der Waals surface area contributed by atoms with Crippen LogP contribution in [-0.4, -0.2) is 70.9 Å². The van der Waals surface area contributed by atoms with Gasteiger partial charge in [0, 0.05) is 38.3 Å². The van der Waals surface area contributed by atoms with Gasteiger partial charge in [-0.1, -0.05) is 0 Å². The molecule has 2 amide bonds. The molecule has 0 bridgehead atoms. The van der Waals surface area contributed by atoms with Crippen molar-refractivity contribution in [3.8, 4) is 6.01 Å². The molecule has 0 saturated carbocycles. The van der Waals surface area contributed by atoms with Crippen molar-refractivity contribution in [3.63, 3.8) is 0 Å². The molecule has 2 aliphatic rings. The van der Waals surface area contributed by atoms with Gasteiger partial charge in [0.05, 0.1) is 16.8 Å². The van der Waals surface area contributed by atoms with Gasteiger partial charge in [0.1, 0.15) is 6.10 Å². The molecule has 3 heterocycles. The Morgan fingerprint density at radius 1 is 1.19 bits per heavy atom. The van der Waals surface area contributed by atoms with E-state index in [2.05, 4.69) is 25.9 Å². The Balaban J connectivity index is 1.54. The van der Waals surface area contributed by atoms with E-state index < -0.39 is 10.0 Å². The van der Waals surface area contributed by atoms with Crippen molar-refractivity contribution < 1.29 is 22.7 Å². The van der Waals surface area contributed by atoms with E-state index in [9.17, 15) is 18.0 Å². The second-order valence-corrected chi connectivity index (χ2v) is 9.18. The number of sulfonamides is 1. The summed E-state index contributed by atoms with van der Waals surface area (Å²) in [7, 11) is -3.58. The predicted octanol–water partition coefficient (Wildman–Crippen LogP) is 0.561. The predicted molar refractivity (Wildman–Crippen MR) is 94.7 cm³/mol. The SMILES string of the molecule is O=C1CCCC(=O)N1CCS(=O)(=O)N1CCC(Oc2ncc(Br)cn2)C1. The Bertz CT molecular complexity index is 770. The van der Waals surface area contributed by atoms with Gasteiger partial charge in [-0.05, 0) is 28.8 Å². The van der Waals surface area contributed by atoms with Gasteiger partial charge < -0.3 is 4.74 Å². The summed E-state index contributed by atoms with van der Waals surface area (Å²) < 4.78 is 32.7. The number of likely N-dealkylation sites (tertiary alicyclic amines) is 1. The minimum Gasteiger partial charge on any atom is -0.459 e. The maximum absolute atomic E-state index is 12.5. The van der Waals surface area contributed by atoms with Crippen LogP contribution in [0.2, 0.25) is 0 Å². The number of rotatable bonds is 6. The van der Waals surface area contributed by atoms with Crippen LogP contribution in [0.4, 0.5) is 0 Å². The Kier molecular flexibility index (Phi) is 5.88. The van der Waals surface area contributed by atoms with Gasteiger partial charge >= 0.3 is 6.01 Å². The van der Waals surface area contributed by atoms with Crippen LogP contribution in [0, 0.1) is 0 Å². The number of halogens is 1. The highest BCUT2D eigenvalue weighted by Gasteiger charge is 2.34. The van der Waals surface area contributed by atoms with Crippen LogP contribution in [0.3, 0.4) is 0 Å². The molecule has 0 spiro atoms. The van der Waals surface area contributed by atoms with E-state index in [1.165, 1.54) is 4.31 Å². The maximum atomic E-state index is 12.5. The topological polar surface area (TPSA) is 110 Å². The zero-order valence-corrected chi connectivity index (χ0v) is 16.4. The summed E-state index contributed by atoms with van der Waals surface area (Å²) >= 11 is 3.23. The summed E-state index contributed by atoms with van der Waals surface area (Å²) in [4.78, 5) is 32.6. The van der Waals surface area contributed by atoms with Crippen LogP contribution in [0.15, 0.2) is 16.9 Å². The third kappa shape index (κ3) is 4.57. The van der Waals surface area contributed by atoms with Crippen LogP contribution in [-0.2, 0) is 19.6 Å². The molecule has 0 radical (unpaired) electrons. The summed E-state index contributed by atoms with van der Waals surface area (Å²) in [5.41, 5.74) is 0. The summed E-state index contributed by atoms with van der Waals surface area (Å²) in [6.45, 7) is 0.424. The molecule has 2 aliphatic heterocycles. The fraction of sp³-hybridized carbons (Fsp3) is 0.600. The van der Waals surface area contributed by atoms with E-state index in [4.69, 9.17) is 4.74 Å². The second-order valence-electron chi connectivity index (χ2n) is 6.18. The van der Waals surface area contributed by atoms with E-state index in [0.717, 1.165) is 9.37 Å². The smallest absolute Gasteiger partial charge is 0.316 e. The van der Waals surface area contributed by atoms with Gasteiger partial charge in [-0.3, -0.25) is 14.5 Å². The van der Waals surface area contributed by atoms with Crippen molar-refractivity contribution in [3.05, 3.63) is 16.9 Å². The minimum absolute atomic E-state index is 0.0994. The molecule has 9 nitrogen and oxygen atoms in total. The van der Waals surface area contributed by atoms with Crippen molar-refractivity contribution in [1.82, 2.24) is 19.2 Å².